The molecule has 0 atom stereocenters. The predicted octanol–water partition coefficient (Wildman–Crippen LogP) is 1.29. The van der Waals surface area contributed by atoms with Gasteiger partial charge in [-0.3, -0.25) is 9.59 Å². The second-order valence-corrected chi connectivity index (χ2v) is 9.36. The maximum absolute atomic E-state index is 14.0. The highest BCUT2D eigenvalue weighted by Gasteiger charge is 2.32. The number of benzene rings is 2. The van der Waals surface area contributed by atoms with Crippen LogP contribution in [0.5, 0.6) is 0 Å². The number of fused-ring (bicyclic) bond motifs is 1. The van der Waals surface area contributed by atoms with Crippen molar-refractivity contribution in [1.29, 1.82) is 0 Å². The molecule has 168 valence electrons. The molecule has 4 rings (SSSR count). The summed E-state index contributed by atoms with van der Waals surface area (Å²) in [4.78, 5) is 26.0. The van der Waals surface area contributed by atoms with Gasteiger partial charge < -0.3 is 4.90 Å². The molecule has 0 unspecified atom stereocenters. The maximum Gasteiger partial charge on any atom is 0.274 e. The molecule has 8 nitrogen and oxygen atoms in total. The molecule has 0 bridgehead atoms. The van der Waals surface area contributed by atoms with Crippen LogP contribution in [0.4, 0.5) is 8.78 Å². The summed E-state index contributed by atoms with van der Waals surface area (Å²) in [6.07, 6.45) is -0.0476. The van der Waals surface area contributed by atoms with Crippen LogP contribution < -0.4 is 5.56 Å². The molecule has 1 amide bonds. The van der Waals surface area contributed by atoms with Gasteiger partial charge in [-0.1, -0.05) is 18.2 Å². The van der Waals surface area contributed by atoms with Crippen molar-refractivity contribution in [3.05, 3.63) is 70.1 Å². The number of carbonyl (C=O) groups excluding carboxylic acids is 1. The number of hydrogen-bond donors (Lipinski definition) is 0. The van der Waals surface area contributed by atoms with Crippen molar-refractivity contribution < 1.29 is 22.0 Å². The smallest absolute Gasteiger partial charge is 0.274 e. The number of hydrogen-bond acceptors (Lipinski definition) is 5. The molecule has 32 heavy (non-hydrogen) atoms. The molecule has 1 aliphatic rings. The quantitative estimate of drug-likeness (QED) is 0.583. The van der Waals surface area contributed by atoms with Crippen molar-refractivity contribution >= 4 is 26.7 Å². The van der Waals surface area contributed by atoms with Crippen molar-refractivity contribution in [2.24, 2.45) is 7.05 Å². The van der Waals surface area contributed by atoms with E-state index in [0.29, 0.717) is 22.5 Å². The Balaban J connectivity index is 1.48. The highest BCUT2D eigenvalue weighted by molar-refractivity contribution is 7.89. The van der Waals surface area contributed by atoms with E-state index in [1.165, 1.54) is 16.6 Å². The Morgan fingerprint density at radius 1 is 1.03 bits per heavy atom. The molecule has 1 saturated heterocycles. The third-order valence-corrected chi connectivity index (χ3v) is 7.39. The molecule has 11 heteroatoms. The van der Waals surface area contributed by atoms with Gasteiger partial charge in [-0.15, -0.1) is 0 Å². The standard InChI is InChI=1S/C21H20F2N4O4S/c1-25-21(29)16-5-3-2-4-15(16)18(24-25)13-20(28)26-8-10-27(11-9-26)32(30,31)19-7-6-14(22)12-17(19)23/h2-7,12H,8-11,13H2,1H3. The first-order valence-corrected chi connectivity index (χ1v) is 11.3. The lowest BCUT2D eigenvalue weighted by molar-refractivity contribution is -0.131. The number of nitrogens with zero attached hydrogens (tertiary/aromatic N) is 4. The zero-order chi connectivity index (χ0) is 23.0. The van der Waals surface area contributed by atoms with Crippen LogP contribution in [-0.2, 0) is 28.3 Å². The highest BCUT2D eigenvalue weighted by atomic mass is 32.2. The molecule has 1 fully saturated rings. The number of halogens is 2. The molecule has 0 saturated carbocycles. The number of piperazine rings is 1. The first-order valence-electron chi connectivity index (χ1n) is 9.86. The molecule has 1 aromatic heterocycles. The van der Waals surface area contributed by atoms with E-state index in [-0.39, 0.29) is 44.1 Å². The SMILES string of the molecule is Cn1nc(CC(=O)N2CCN(S(=O)(=O)c3ccc(F)cc3F)CC2)c2ccccc2c1=O. The van der Waals surface area contributed by atoms with E-state index in [9.17, 15) is 26.8 Å². The van der Waals surface area contributed by atoms with Gasteiger partial charge in [0.05, 0.1) is 17.5 Å². The molecule has 3 aromatic rings. The molecule has 1 aliphatic heterocycles. The van der Waals surface area contributed by atoms with Gasteiger partial charge in [0.1, 0.15) is 16.5 Å². The summed E-state index contributed by atoms with van der Waals surface area (Å²) in [7, 11) is -2.64. The van der Waals surface area contributed by atoms with Gasteiger partial charge >= 0.3 is 0 Å². The van der Waals surface area contributed by atoms with Crippen molar-refractivity contribution in [2.45, 2.75) is 11.3 Å². The second-order valence-electron chi connectivity index (χ2n) is 7.46. The summed E-state index contributed by atoms with van der Waals surface area (Å²) < 4.78 is 54.8. The zero-order valence-electron chi connectivity index (χ0n) is 17.2. The Morgan fingerprint density at radius 3 is 2.34 bits per heavy atom. The number of rotatable bonds is 4. The minimum absolute atomic E-state index is 0.0215. The average Bonchev–Trinajstić information content (AvgIpc) is 2.77. The summed E-state index contributed by atoms with van der Waals surface area (Å²) >= 11 is 0. The lowest BCUT2D eigenvalue weighted by Gasteiger charge is -2.34. The third-order valence-electron chi connectivity index (χ3n) is 5.45. The second kappa shape index (κ2) is 8.40. The summed E-state index contributed by atoms with van der Waals surface area (Å²) in [5.74, 6) is -2.28. The van der Waals surface area contributed by atoms with Crippen LogP contribution in [0.25, 0.3) is 10.8 Å². The Bertz CT molecular complexity index is 1370. The fourth-order valence-corrected chi connectivity index (χ4v) is 5.23. The molecule has 0 N–H and O–H groups in total. The van der Waals surface area contributed by atoms with E-state index in [2.05, 4.69) is 5.10 Å². The molecular formula is C21H20F2N4O4S. The van der Waals surface area contributed by atoms with Gasteiger partial charge in [-0.25, -0.2) is 21.9 Å². The van der Waals surface area contributed by atoms with Gasteiger partial charge in [0.25, 0.3) is 5.56 Å². The number of aromatic nitrogens is 2. The summed E-state index contributed by atoms with van der Waals surface area (Å²) in [6, 6.07) is 9.21. The summed E-state index contributed by atoms with van der Waals surface area (Å²) in [6.45, 7) is 0.188. The average molecular weight is 462 g/mol. The first kappa shape index (κ1) is 22.0. The van der Waals surface area contributed by atoms with Crippen LogP contribution in [0.1, 0.15) is 5.69 Å². The van der Waals surface area contributed by atoms with Crippen molar-refractivity contribution in [1.82, 2.24) is 19.0 Å². The van der Waals surface area contributed by atoms with E-state index >= 15 is 0 Å². The Kier molecular flexibility index (Phi) is 5.78. The Labute approximate surface area is 182 Å². The fraction of sp³-hybridized carbons (Fsp3) is 0.286. The number of carbonyl (C=O) groups is 1. The molecular weight excluding hydrogens is 442 g/mol. The molecule has 0 spiro atoms. The van der Waals surface area contributed by atoms with Gasteiger partial charge in [-0.2, -0.15) is 9.40 Å². The fourth-order valence-electron chi connectivity index (χ4n) is 3.76. The van der Waals surface area contributed by atoms with Crippen LogP contribution in [0.2, 0.25) is 0 Å². The highest BCUT2D eigenvalue weighted by Crippen LogP contribution is 2.22. The Morgan fingerprint density at radius 2 is 1.69 bits per heavy atom. The van der Waals surface area contributed by atoms with E-state index in [1.807, 2.05) is 0 Å². The van der Waals surface area contributed by atoms with Crippen molar-refractivity contribution in [3.63, 3.8) is 0 Å². The lowest BCUT2D eigenvalue weighted by atomic mass is 10.1. The summed E-state index contributed by atoms with van der Waals surface area (Å²) in [5, 5.41) is 5.28. The van der Waals surface area contributed by atoms with Crippen LogP contribution in [0.3, 0.4) is 0 Å². The van der Waals surface area contributed by atoms with Crippen molar-refractivity contribution in [2.75, 3.05) is 26.2 Å². The minimum atomic E-state index is -4.15. The molecule has 0 radical (unpaired) electrons. The van der Waals surface area contributed by atoms with Crippen LogP contribution in [0, 0.1) is 11.6 Å². The first-order chi connectivity index (χ1) is 15.2. The van der Waals surface area contributed by atoms with Gasteiger partial charge in [0, 0.05) is 44.7 Å². The van der Waals surface area contributed by atoms with E-state index in [0.717, 1.165) is 16.4 Å². The molecule has 2 heterocycles. The lowest BCUT2D eigenvalue weighted by Crippen LogP contribution is -2.51. The van der Waals surface area contributed by atoms with E-state index < -0.39 is 26.6 Å². The number of sulfonamides is 1. The summed E-state index contributed by atoms with van der Waals surface area (Å²) in [5.41, 5.74) is 0.194. The largest absolute Gasteiger partial charge is 0.340 e. The van der Waals surface area contributed by atoms with Gasteiger partial charge in [0.2, 0.25) is 15.9 Å². The topological polar surface area (TPSA) is 92.6 Å². The predicted molar refractivity (Wildman–Crippen MR) is 112 cm³/mol. The van der Waals surface area contributed by atoms with Crippen molar-refractivity contribution in [3.8, 4) is 0 Å². The normalized spacial score (nSPS) is 15.3. The molecule has 2 aromatic carbocycles. The maximum atomic E-state index is 14.0. The van der Waals surface area contributed by atoms with Crippen LogP contribution in [-0.4, -0.2) is 59.5 Å². The van der Waals surface area contributed by atoms with Gasteiger partial charge in [-0.05, 0) is 18.2 Å². The number of aryl methyl sites for hydroxylation is 1. The molecule has 0 aliphatic carbocycles. The Hall–Kier alpha value is -3.18. The number of amides is 1. The minimum Gasteiger partial charge on any atom is -0.340 e. The zero-order valence-corrected chi connectivity index (χ0v) is 18.0. The van der Waals surface area contributed by atoms with Gasteiger partial charge in [0.15, 0.2) is 0 Å². The third kappa shape index (κ3) is 4.00. The monoisotopic (exact) mass is 462 g/mol. The van der Waals surface area contributed by atoms with Crippen LogP contribution >= 0.6 is 0 Å². The van der Waals surface area contributed by atoms with E-state index in [4.69, 9.17) is 0 Å². The van der Waals surface area contributed by atoms with Crippen LogP contribution in [0.15, 0.2) is 52.2 Å². The van der Waals surface area contributed by atoms with E-state index in [1.54, 1.807) is 24.3 Å².